The van der Waals surface area contributed by atoms with E-state index in [1.165, 1.54) is 30.5 Å². The van der Waals surface area contributed by atoms with E-state index < -0.39 is 11.6 Å². The van der Waals surface area contributed by atoms with Crippen molar-refractivity contribution in [2.75, 3.05) is 16.8 Å². The van der Waals surface area contributed by atoms with Crippen LogP contribution in [0, 0.1) is 11.6 Å². The van der Waals surface area contributed by atoms with Gasteiger partial charge < -0.3 is 10.2 Å². The van der Waals surface area contributed by atoms with Crippen LogP contribution in [0.4, 0.5) is 25.8 Å². The van der Waals surface area contributed by atoms with Gasteiger partial charge in [0.25, 0.3) is 5.91 Å². The highest BCUT2D eigenvalue weighted by Crippen LogP contribution is 2.29. The van der Waals surface area contributed by atoms with E-state index in [2.05, 4.69) is 10.3 Å². The van der Waals surface area contributed by atoms with Gasteiger partial charge >= 0.3 is 0 Å². The van der Waals surface area contributed by atoms with Gasteiger partial charge in [0.2, 0.25) is 0 Å². The van der Waals surface area contributed by atoms with Gasteiger partial charge in [-0.3, -0.25) is 9.78 Å². The summed E-state index contributed by atoms with van der Waals surface area (Å²) < 4.78 is 27.7. The minimum absolute atomic E-state index is 0.216. The number of hydrogen-bond donors (Lipinski definition) is 1. The van der Waals surface area contributed by atoms with Gasteiger partial charge in [-0.15, -0.1) is 0 Å². The molecule has 27 heavy (non-hydrogen) atoms. The van der Waals surface area contributed by atoms with Crippen LogP contribution in [-0.2, 0) is 6.42 Å². The number of fused-ring (bicyclic) bond motifs is 1. The molecule has 1 aliphatic rings. The molecule has 1 N–H and O–H groups in total. The van der Waals surface area contributed by atoms with Gasteiger partial charge in [-0.1, -0.05) is 24.3 Å². The summed E-state index contributed by atoms with van der Waals surface area (Å²) in [6, 6.07) is 14.5. The van der Waals surface area contributed by atoms with Crippen molar-refractivity contribution in [3.05, 3.63) is 83.7 Å². The SMILES string of the molecule is O=C(c1cc(Nc2c(F)cccc2F)ccn1)N1CCCc2ccccc21. The van der Waals surface area contributed by atoms with Crippen LogP contribution in [0.2, 0.25) is 0 Å². The van der Waals surface area contributed by atoms with Crippen molar-refractivity contribution in [1.82, 2.24) is 4.98 Å². The first kappa shape index (κ1) is 17.1. The van der Waals surface area contributed by atoms with Gasteiger partial charge in [-0.25, -0.2) is 8.78 Å². The number of carbonyl (C=O) groups excluding carboxylic acids is 1. The number of rotatable bonds is 3. The van der Waals surface area contributed by atoms with Crippen LogP contribution in [0.1, 0.15) is 22.5 Å². The molecule has 2 heterocycles. The van der Waals surface area contributed by atoms with E-state index in [1.54, 1.807) is 11.0 Å². The van der Waals surface area contributed by atoms with Crippen molar-refractivity contribution in [3.8, 4) is 0 Å². The summed E-state index contributed by atoms with van der Waals surface area (Å²) >= 11 is 0. The van der Waals surface area contributed by atoms with Crippen LogP contribution < -0.4 is 10.2 Å². The van der Waals surface area contributed by atoms with E-state index in [0.717, 1.165) is 24.1 Å². The second-order valence-corrected chi connectivity index (χ2v) is 6.34. The first-order valence-electron chi connectivity index (χ1n) is 8.70. The number of halogens is 2. The quantitative estimate of drug-likeness (QED) is 0.732. The van der Waals surface area contributed by atoms with E-state index in [0.29, 0.717) is 12.2 Å². The normalized spacial score (nSPS) is 13.2. The van der Waals surface area contributed by atoms with Gasteiger partial charge in [0.15, 0.2) is 0 Å². The highest BCUT2D eigenvalue weighted by Gasteiger charge is 2.24. The largest absolute Gasteiger partial charge is 0.351 e. The van der Waals surface area contributed by atoms with E-state index in [4.69, 9.17) is 0 Å². The molecule has 0 radical (unpaired) electrons. The number of carbonyl (C=O) groups is 1. The van der Waals surface area contributed by atoms with Crippen LogP contribution in [0.15, 0.2) is 60.8 Å². The number of amides is 1. The second kappa shape index (κ2) is 7.15. The Morgan fingerprint density at radius 1 is 1.04 bits per heavy atom. The lowest BCUT2D eigenvalue weighted by molar-refractivity contribution is 0.0980. The number of nitrogens with one attached hydrogen (secondary N) is 1. The maximum absolute atomic E-state index is 13.9. The van der Waals surface area contributed by atoms with Crippen LogP contribution in [0.3, 0.4) is 0 Å². The summed E-state index contributed by atoms with van der Waals surface area (Å²) in [4.78, 5) is 18.8. The molecule has 1 aliphatic heterocycles. The Morgan fingerprint density at radius 3 is 2.63 bits per heavy atom. The highest BCUT2D eigenvalue weighted by atomic mass is 19.1. The number of benzene rings is 2. The molecular weight excluding hydrogens is 348 g/mol. The Kier molecular flexibility index (Phi) is 4.54. The summed E-state index contributed by atoms with van der Waals surface area (Å²) in [5.74, 6) is -1.64. The molecule has 1 amide bonds. The second-order valence-electron chi connectivity index (χ2n) is 6.34. The molecule has 3 aromatic rings. The third-order valence-corrected chi connectivity index (χ3v) is 4.57. The fourth-order valence-electron chi connectivity index (χ4n) is 3.27. The fraction of sp³-hybridized carbons (Fsp3) is 0.143. The Morgan fingerprint density at radius 2 is 1.81 bits per heavy atom. The van der Waals surface area contributed by atoms with Crippen LogP contribution in [0.25, 0.3) is 0 Å². The van der Waals surface area contributed by atoms with Gasteiger partial charge in [-0.2, -0.15) is 0 Å². The van der Waals surface area contributed by atoms with Crippen molar-refractivity contribution in [1.29, 1.82) is 0 Å². The molecule has 0 atom stereocenters. The van der Waals surface area contributed by atoms with Gasteiger partial charge in [0, 0.05) is 24.1 Å². The average Bonchev–Trinajstić information content (AvgIpc) is 2.70. The lowest BCUT2D eigenvalue weighted by Gasteiger charge is -2.29. The predicted molar refractivity (Wildman–Crippen MR) is 100 cm³/mol. The maximum Gasteiger partial charge on any atom is 0.276 e. The van der Waals surface area contributed by atoms with Crippen LogP contribution >= 0.6 is 0 Å². The Balaban J connectivity index is 1.63. The zero-order chi connectivity index (χ0) is 18.8. The number of nitrogens with zero attached hydrogens (tertiary/aromatic N) is 2. The summed E-state index contributed by atoms with van der Waals surface area (Å²) in [6.45, 7) is 0.608. The smallest absolute Gasteiger partial charge is 0.276 e. The molecule has 0 saturated heterocycles. The molecule has 4 rings (SSSR count). The zero-order valence-corrected chi connectivity index (χ0v) is 14.5. The number of aromatic nitrogens is 1. The van der Waals surface area contributed by atoms with Crippen molar-refractivity contribution < 1.29 is 13.6 Å². The topological polar surface area (TPSA) is 45.2 Å². The maximum atomic E-state index is 13.9. The molecule has 0 aliphatic carbocycles. The lowest BCUT2D eigenvalue weighted by Crippen LogP contribution is -2.35. The molecule has 0 saturated carbocycles. The molecule has 4 nitrogen and oxygen atoms in total. The van der Waals surface area contributed by atoms with Crippen molar-refractivity contribution in [3.63, 3.8) is 0 Å². The summed E-state index contributed by atoms with van der Waals surface area (Å²) in [6.07, 6.45) is 3.26. The van der Waals surface area contributed by atoms with E-state index in [9.17, 15) is 13.6 Å². The van der Waals surface area contributed by atoms with E-state index in [-0.39, 0.29) is 17.3 Å². The molecule has 0 fully saturated rings. The average molecular weight is 365 g/mol. The third kappa shape index (κ3) is 3.38. The van der Waals surface area contributed by atoms with Gasteiger partial charge in [0.1, 0.15) is 23.0 Å². The molecule has 0 spiro atoms. The Hall–Kier alpha value is -3.28. The number of aryl methyl sites for hydroxylation is 1. The molecule has 136 valence electrons. The molecule has 1 aromatic heterocycles. The Labute approximate surface area is 155 Å². The van der Waals surface area contributed by atoms with E-state index >= 15 is 0 Å². The molecule has 0 bridgehead atoms. The molecule has 6 heteroatoms. The first-order chi connectivity index (χ1) is 13.1. The lowest BCUT2D eigenvalue weighted by atomic mass is 10.0. The highest BCUT2D eigenvalue weighted by molar-refractivity contribution is 6.06. The zero-order valence-electron chi connectivity index (χ0n) is 14.5. The minimum atomic E-state index is -0.704. The number of para-hydroxylation sites is 2. The fourth-order valence-corrected chi connectivity index (χ4v) is 3.27. The van der Waals surface area contributed by atoms with Crippen LogP contribution in [0.5, 0.6) is 0 Å². The van der Waals surface area contributed by atoms with Gasteiger partial charge in [0.05, 0.1) is 0 Å². The summed E-state index contributed by atoms with van der Waals surface area (Å²) in [5.41, 5.74) is 2.36. The summed E-state index contributed by atoms with van der Waals surface area (Å²) in [7, 11) is 0. The molecule has 2 aromatic carbocycles. The van der Waals surface area contributed by atoms with Gasteiger partial charge in [-0.05, 0) is 48.7 Å². The van der Waals surface area contributed by atoms with Crippen molar-refractivity contribution in [2.45, 2.75) is 12.8 Å². The van der Waals surface area contributed by atoms with E-state index in [1.807, 2.05) is 24.3 Å². The summed E-state index contributed by atoms with van der Waals surface area (Å²) in [5, 5.41) is 2.70. The standard InChI is InChI=1S/C21H17F2N3O/c22-16-7-3-8-17(23)20(16)25-15-10-11-24-18(13-15)21(27)26-12-4-6-14-5-1-2-9-19(14)26/h1-3,5,7-11,13H,4,6,12H2,(H,24,25). The van der Waals surface area contributed by atoms with Crippen LogP contribution in [-0.4, -0.2) is 17.4 Å². The first-order valence-corrected chi connectivity index (χ1v) is 8.70. The molecule has 0 unspecified atom stereocenters. The molecular formula is C21H17F2N3O. The number of hydrogen-bond acceptors (Lipinski definition) is 3. The monoisotopic (exact) mass is 365 g/mol. The third-order valence-electron chi connectivity index (χ3n) is 4.57. The number of pyridine rings is 1. The minimum Gasteiger partial charge on any atom is -0.351 e. The van der Waals surface area contributed by atoms with Crippen molar-refractivity contribution in [2.24, 2.45) is 0 Å². The predicted octanol–water partition coefficient (Wildman–Crippen LogP) is 4.70. The Bertz CT molecular complexity index is 986. The number of anilines is 3. The van der Waals surface area contributed by atoms with Crippen molar-refractivity contribution >= 4 is 23.0 Å².